The van der Waals surface area contributed by atoms with Gasteiger partial charge in [0.2, 0.25) is 0 Å². The Morgan fingerprint density at radius 3 is 2.26 bits per heavy atom. The highest BCUT2D eigenvalue weighted by atomic mass is 14.9. The predicted octanol–water partition coefficient (Wildman–Crippen LogP) is 4.34. The van der Waals surface area contributed by atoms with Gasteiger partial charge in [-0.2, -0.15) is 0 Å². The third-order valence-corrected chi connectivity index (χ3v) is 3.47. The van der Waals surface area contributed by atoms with Crippen LogP contribution in [0.5, 0.6) is 0 Å². The molecule has 0 radical (unpaired) electrons. The molecule has 0 aromatic heterocycles. The lowest BCUT2D eigenvalue weighted by molar-refractivity contribution is 0.449. The van der Waals surface area contributed by atoms with E-state index in [2.05, 4.69) is 63.2 Å². The molecule has 104 valence electrons. The molecule has 1 nitrogen and oxygen atoms in total. The van der Waals surface area contributed by atoms with Crippen LogP contribution in [0.25, 0.3) is 0 Å². The Hall–Kier alpha value is -1.26. The quantitative estimate of drug-likeness (QED) is 0.717. The zero-order valence-corrected chi connectivity index (χ0v) is 12.7. The fraction of sp³-hybridized carbons (Fsp3) is 0.556. The van der Waals surface area contributed by atoms with Gasteiger partial charge in [0.25, 0.3) is 0 Å². The fourth-order valence-corrected chi connectivity index (χ4v) is 2.33. The van der Waals surface area contributed by atoms with Crippen molar-refractivity contribution in [1.29, 1.82) is 0 Å². The first-order valence-corrected chi connectivity index (χ1v) is 7.35. The molecule has 2 unspecified atom stereocenters. The van der Waals surface area contributed by atoms with E-state index in [0.29, 0.717) is 18.0 Å². The van der Waals surface area contributed by atoms with Crippen molar-refractivity contribution >= 4 is 0 Å². The van der Waals surface area contributed by atoms with E-state index in [1.165, 1.54) is 11.1 Å². The predicted molar refractivity (Wildman–Crippen MR) is 84.1 cm³/mol. The van der Waals surface area contributed by atoms with E-state index in [1.807, 2.05) is 0 Å². The molecular weight excluding hydrogens is 230 g/mol. The lowest BCUT2D eigenvalue weighted by Crippen LogP contribution is -2.30. The Labute approximate surface area is 118 Å². The zero-order chi connectivity index (χ0) is 14.3. The van der Waals surface area contributed by atoms with E-state index >= 15 is 0 Å². The number of terminal acetylenes is 1. The standard InChI is InChI=1S/C18H27N/c1-6-8-18(7-2)19-15(5)17-11-9-16(10-12-17)13-14(3)4/h1,9-12,14-15,18-19H,7-8,13H2,2-5H3. The normalized spacial score (nSPS) is 14.1. The van der Waals surface area contributed by atoms with Crippen LogP contribution in [-0.2, 0) is 6.42 Å². The fourth-order valence-electron chi connectivity index (χ4n) is 2.33. The molecule has 0 fully saturated rings. The van der Waals surface area contributed by atoms with Crippen molar-refractivity contribution in [1.82, 2.24) is 5.32 Å². The summed E-state index contributed by atoms with van der Waals surface area (Å²) in [4.78, 5) is 0. The van der Waals surface area contributed by atoms with Gasteiger partial charge < -0.3 is 5.32 Å². The van der Waals surface area contributed by atoms with E-state index < -0.39 is 0 Å². The van der Waals surface area contributed by atoms with Crippen molar-refractivity contribution < 1.29 is 0 Å². The average Bonchev–Trinajstić information content (AvgIpc) is 2.38. The van der Waals surface area contributed by atoms with Crippen LogP contribution >= 0.6 is 0 Å². The van der Waals surface area contributed by atoms with E-state index in [-0.39, 0.29) is 0 Å². The minimum atomic E-state index is 0.353. The Kier molecular flexibility index (Phi) is 6.67. The first-order chi connectivity index (χ1) is 9.06. The van der Waals surface area contributed by atoms with Gasteiger partial charge in [-0.15, -0.1) is 12.3 Å². The number of hydrogen-bond donors (Lipinski definition) is 1. The van der Waals surface area contributed by atoms with E-state index in [0.717, 1.165) is 19.3 Å². The highest BCUT2D eigenvalue weighted by molar-refractivity contribution is 5.25. The number of hydrogen-bond acceptors (Lipinski definition) is 1. The van der Waals surface area contributed by atoms with Gasteiger partial charge in [-0.3, -0.25) is 0 Å². The second-order valence-electron chi connectivity index (χ2n) is 5.74. The zero-order valence-electron chi connectivity index (χ0n) is 12.7. The van der Waals surface area contributed by atoms with Crippen LogP contribution < -0.4 is 5.32 Å². The summed E-state index contributed by atoms with van der Waals surface area (Å²) >= 11 is 0. The van der Waals surface area contributed by atoms with Gasteiger partial charge in [-0.1, -0.05) is 45.0 Å². The molecule has 0 aliphatic carbocycles. The molecule has 2 atom stereocenters. The van der Waals surface area contributed by atoms with E-state index in [9.17, 15) is 0 Å². The second-order valence-corrected chi connectivity index (χ2v) is 5.74. The minimum Gasteiger partial charge on any atom is -0.307 e. The van der Waals surface area contributed by atoms with Crippen molar-refractivity contribution in [3.05, 3.63) is 35.4 Å². The molecule has 0 heterocycles. The molecule has 0 saturated carbocycles. The van der Waals surface area contributed by atoms with Gasteiger partial charge in [0.05, 0.1) is 0 Å². The third-order valence-electron chi connectivity index (χ3n) is 3.47. The first-order valence-electron chi connectivity index (χ1n) is 7.35. The van der Waals surface area contributed by atoms with Gasteiger partial charge in [-0.25, -0.2) is 0 Å². The molecule has 0 saturated heterocycles. The maximum atomic E-state index is 5.40. The van der Waals surface area contributed by atoms with Crippen molar-refractivity contribution in [3.8, 4) is 12.3 Å². The van der Waals surface area contributed by atoms with Crippen molar-refractivity contribution in [2.75, 3.05) is 0 Å². The molecular formula is C18H27N. The van der Waals surface area contributed by atoms with Crippen LogP contribution in [0.4, 0.5) is 0 Å². The summed E-state index contributed by atoms with van der Waals surface area (Å²) in [7, 11) is 0. The lowest BCUT2D eigenvalue weighted by Gasteiger charge is -2.21. The Bertz CT molecular complexity index is 397. The smallest absolute Gasteiger partial charge is 0.0294 e. The molecule has 0 spiro atoms. The van der Waals surface area contributed by atoms with Gasteiger partial charge in [0.1, 0.15) is 0 Å². The average molecular weight is 257 g/mol. The number of rotatable bonds is 7. The number of nitrogens with one attached hydrogen (secondary N) is 1. The molecule has 0 aliphatic rings. The summed E-state index contributed by atoms with van der Waals surface area (Å²) in [6, 6.07) is 9.73. The molecule has 0 bridgehead atoms. The Morgan fingerprint density at radius 2 is 1.79 bits per heavy atom. The van der Waals surface area contributed by atoms with E-state index in [1.54, 1.807) is 0 Å². The van der Waals surface area contributed by atoms with Gasteiger partial charge >= 0.3 is 0 Å². The van der Waals surface area contributed by atoms with E-state index in [4.69, 9.17) is 6.42 Å². The molecule has 19 heavy (non-hydrogen) atoms. The summed E-state index contributed by atoms with van der Waals surface area (Å²) in [5.41, 5.74) is 2.75. The molecule has 1 aromatic carbocycles. The molecule has 0 aliphatic heterocycles. The maximum Gasteiger partial charge on any atom is 0.0294 e. The van der Waals surface area contributed by atoms with Crippen LogP contribution in [-0.4, -0.2) is 6.04 Å². The Balaban J connectivity index is 2.62. The molecule has 1 N–H and O–H groups in total. The number of benzene rings is 1. The van der Waals surface area contributed by atoms with Gasteiger partial charge in [0, 0.05) is 18.5 Å². The van der Waals surface area contributed by atoms with Crippen LogP contribution in [0.3, 0.4) is 0 Å². The monoisotopic (exact) mass is 257 g/mol. The topological polar surface area (TPSA) is 12.0 Å². The van der Waals surface area contributed by atoms with Gasteiger partial charge in [-0.05, 0) is 36.8 Å². The van der Waals surface area contributed by atoms with Crippen LogP contribution in [0.2, 0.25) is 0 Å². The summed E-state index contributed by atoms with van der Waals surface area (Å²) in [5.74, 6) is 3.45. The van der Waals surface area contributed by atoms with Crippen LogP contribution in [0, 0.1) is 18.3 Å². The van der Waals surface area contributed by atoms with Crippen molar-refractivity contribution in [3.63, 3.8) is 0 Å². The summed E-state index contributed by atoms with van der Waals surface area (Å²) in [6.07, 6.45) is 8.41. The first kappa shape index (κ1) is 15.8. The third kappa shape index (κ3) is 5.49. The van der Waals surface area contributed by atoms with Crippen LogP contribution in [0.1, 0.15) is 57.7 Å². The van der Waals surface area contributed by atoms with Crippen molar-refractivity contribution in [2.45, 2.75) is 59.0 Å². The maximum absolute atomic E-state index is 5.40. The molecule has 0 amide bonds. The highest BCUT2D eigenvalue weighted by Gasteiger charge is 2.11. The Morgan fingerprint density at radius 1 is 1.16 bits per heavy atom. The minimum absolute atomic E-state index is 0.353. The summed E-state index contributed by atoms with van der Waals surface area (Å²) < 4.78 is 0. The van der Waals surface area contributed by atoms with Crippen molar-refractivity contribution in [2.24, 2.45) is 5.92 Å². The SMILES string of the molecule is C#CCC(CC)NC(C)c1ccc(CC(C)C)cc1. The second kappa shape index (κ2) is 8.02. The highest BCUT2D eigenvalue weighted by Crippen LogP contribution is 2.17. The van der Waals surface area contributed by atoms with Gasteiger partial charge in [0.15, 0.2) is 0 Å². The summed E-state index contributed by atoms with van der Waals surface area (Å²) in [5, 5.41) is 3.60. The van der Waals surface area contributed by atoms with Crippen LogP contribution in [0.15, 0.2) is 24.3 Å². The molecule has 1 heteroatoms. The largest absolute Gasteiger partial charge is 0.307 e. The molecule has 1 aromatic rings. The lowest BCUT2D eigenvalue weighted by atomic mass is 9.99. The molecule has 1 rings (SSSR count). The summed E-state index contributed by atoms with van der Waals surface area (Å²) in [6.45, 7) is 8.89.